The molecule has 1 N–H and O–H groups in total. The standard InChI is InChI=1S/C19H20N2O4S/c1-5-25-17(23)14-12(3)20(4)19-21(16(22)11(2)18(24)26-19)15(14)13-9-7-6-8-10-13/h6-10,15H,5H2,1-4H3/p+1. The molecule has 0 spiro atoms. The van der Waals surface area contributed by atoms with Crippen LogP contribution in [0.25, 0.3) is 0 Å². The smallest absolute Gasteiger partial charge is 0.347 e. The van der Waals surface area contributed by atoms with Crippen molar-refractivity contribution in [2.24, 2.45) is 0 Å². The SMILES string of the molecule is CCOC(=O)C1=C(C)N(C)c2sc(=O)c(C)c(O)[n+]2C1c1ccccc1. The van der Waals surface area contributed by atoms with Crippen molar-refractivity contribution in [2.75, 3.05) is 18.6 Å². The van der Waals surface area contributed by atoms with Crippen LogP contribution in [0.15, 0.2) is 46.4 Å². The van der Waals surface area contributed by atoms with E-state index in [1.807, 2.05) is 37.3 Å². The van der Waals surface area contributed by atoms with Gasteiger partial charge >= 0.3 is 11.1 Å². The molecule has 0 bridgehead atoms. The van der Waals surface area contributed by atoms with Gasteiger partial charge in [0.15, 0.2) is 6.04 Å². The molecule has 6 nitrogen and oxygen atoms in total. The number of aromatic nitrogens is 1. The molecule has 7 heteroatoms. The summed E-state index contributed by atoms with van der Waals surface area (Å²) in [5.74, 6) is -0.573. The van der Waals surface area contributed by atoms with Crippen molar-refractivity contribution < 1.29 is 19.2 Å². The molecule has 26 heavy (non-hydrogen) atoms. The number of nitrogens with zero attached hydrogens (tertiary/aromatic N) is 2. The lowest BCUT2D eigenvalue weighted by atomic mass is 9.95. The second-order valence-corrected chi connectivity index (χ2v) is 7.02. The number of ether oxygens (including phenoxy) is 1. The summed E-state index contributed by atoms with van der Waals surface area (Å²) >= 11 is 1.04. The summed E-state index contributed by atoms with van der Waals surface area (Å²) in [6.45, 7) is 5.41. The van der Waals surface area contributed by atoms with E-state index < -0.39 is 12.0 Å². The van der Waals surface area contributed by atoms with Gasteiger partial charge in [-0.05, 0) is 32.1 Å². The van der Waals surface area contributed by atoms with Gasteiger partial charge in [0.05, 0.1) is 19.2 Å². The third kappa shape index (κ3) is 2.78. The van der Waals surface area contributed by atoms with E-state index in [0.717, 1.165) is 16.9 Å². The maximum absolute atomic E-state index is 12.8. The number of rotatable bonds is 3. The first-order valence-electron chi connectivity index (χ1n) is 8.33. The Morgan fingerprint density at radius 1 is 1.31 bits per heavy atom. The lowest BCUT2D eigenvalue weighted by molar-refractivity contribution is -0.697. The van der Waals surface area contributed by atoms with Crippen molar-refractivity contribution in [1.29, 1.82) is 0 Å². The number of fused-ring (bicyclic) bond motifs is 1. The van der Waals surface area contributed by atoms with Crippen LogP contribution >= 0.6 is 11.3 Å². The quantitative estimate of drug-likeness (QED) is 0.660. The topological polar surface area (TPSA) is 70.7 Å². The monoisotopic (exact) mass is 373 g/mol. The van der Waals surface area contributed by atoms with E-state index in [1.54, 1.807) is 30.4 Å². The van der Waals surface area contributed by atoms with Gasteiger partial charge in [-0.1, -0.05) is 30.3 Å². The van der Waals surface area contributed by atoms with Crippen LogP contribution in [0.3, 0.4) is 0 Å². The normalized spacial score (nSPS) is 16.5. The summed E-state index contributed by atoms with van der Waals surface area (Å²) in [6, 6.07) is 8.85. The van der Waals surface area contributed by atoms with Crippen LogP contribution in [0.4, 0.5) is 5.13 Å². The molecular formula is C19H21N2O4S+. The van der Waals surface area contributed by atoms with Crippen LogP contribution in [0.5, 0.6) is 5.88 Å². The molecule has 0 saturated carbocycles. The van der Waals surface area contributed by atoms with E-state index in [0.29, 0.717) is 16.4 Å². The molecule has 0 fully saturated rings. The van der Waals surface area contributed by atoms with Crippen molar-refractivity contribution >= 4 is 22.4 Å². The van der Waals surface area contributed by atoms with Crippen molar-refractivity contribution in [3.05, 3.63) is 62.3 Å². The minimum Gasteiger partial charge on any atom is -0.477 e. The second-order valence-electron chi connectivity index (χ2n) is 6.08. The van der Waals surface area contributed by atoms with Crippen molar-refractivity contribution in [3.8, 4) is 5.88 Å². The van der Waals surface area contributed by atoms with E-state index in [4.69, 9.17) is 4.74 Å². The number of carbonyl (C=O) groups excluding carboxylic acids is 1. The van der Waals surface area contributed by atoms with Gasteiger partial charge in [-0.25, -0.2) is 9.69 Å². The van der Waals surface area contributed by atoms with Gasteiger partial charge in [0.1, 0.15) is 11.3 Å². The third-order valence-electron chi connectivity index (χ3n) is 4.58. The zero-order valence-corrected chi connectivity index (χ0v) is 16.0. The number of benzene rings is 1. The predicted molar refractivity (Wildman–Crippen MR) is 99.5 cm³/mol. The van der Waals surface area contributed by atoms with Crippen molar-refractivity contribution in [2.45, 2.75) is 26.8 Å². The molecule has 1 aliphatic rings. The fourth-order valence-electron chi connectivity index (χ4n) is 3.10. The number of esters is 1. The van der Waals surface area contributed by atoms with Gasteiger partial charge in [-0.15, -0.1) is 0 Å². The van der Waals surface area contributed by atoms with Crippen LogP contribution in [0.2, 0.25) is 0 Å². The molecule has 0 saturated heterocycles. The van der Waals surface area contributed by atoms with Crippen LogP contribution in [-0.2, 0) is 9.53 Å². The van der Waals surface area contributed by atoms with E-state index in [1.165, 1.54) is 0 Å². The summed E-state index contributed by atoms with van der Waals surface area (Å²) < 4.78 is 6.71. The van der Waals surface area contributed by atoms with Crippen molar-refractivity contribution in [1.82, 2.24) is 0 Å². The minimum absolute atomic E-state index is 0.140. The van der Waals surface area contributed by atoms with Crippen LogP contribution < -0.4 is 14.2 Å². The Bertz CT molecular complexity index is 950. The molecule has 1 aromatic carbocycles. The van der Waals surface area contributed by atoms with Gasteiger partial charge < -0.3 is 9.84 Å². The van der Waals surface area contributed by atoms with Gasteiger partial charge in [0, 0.05) is 5.56 Å². The summed E-state index contributed by atoms with van der Waals surface area (Å²) in [5, 5.41) is 11.3. The largest absolute Gasteiger partial charge is 0.477 e. The molecule has 3 rings (SSSR count). The highest BCUT2D eigenvalue weighted by Gasteiger charge is 2.44. The number of carbonyl (C=O) groups is 1. The molecule has 1 atom stereocenters. The second kappa shape index (κ2) is 6.92. The zero-order chi connectivity index (χ0) is 19.0. The van der Waals surface area contributed by atoms with E-state index in [9.17, 15) is 14.7 Å². The highest BCUT2D eigenvalue weighted by molar-refractivity contribution is 7.12. The van der Waals surface area contributed by atoms with Crippen LogP contribution in [0.1, 0.15) is 31.0 Å². The molecular weight excluding hydrogens is 352 g/mol. The number of allylic oxidation sites excluding steroid dienone is 1. The van der Waals surface area contributed by atoms with E-state index in [2.05, 4.69) is 0 Å². The number of hydrogen-bond acceptors (Lipinski definition) is 6. The first-order valence-corrected chi connectivity index (χ1v) is 9.14. The molecule has 2 aromatic rings. The fourth-order valence-corrected chi connectivity index (χ4v) is 4.08. The summed E-state index contributed by atoms with van der Waals surface area (Å²) in [5.41, 5.74) is 2.22. The summed E-state index contributed by atoms with van der Waals surface area (Å²) in [4.78, 5) is 26.7. The van der Waals surface area contributed by atoms with Crippen molar-refractivity contribution in [3.63, 3.8) is 0 Å². The molecule has 0 aliphatic carbocycles. The Hall–Kier alpha value is -2.67. The minimum atomic E-state index is -0.572. The van der Waals surface area contributed by atoms with Gasteiger partial charge in [0.25, 0.3) is 5.88 Å². The van der Waals surface area contributed by atoms with Gasteiger partial charge in [-0.2, -0.15) is 4.57 Å². The lowest BCUT2D eigenvalue weighted by Gasteiger charge is -2.29. The fraction of sp³-hybridized carbons (Fsp3) is 0.316. The first-order chi connectivity index (χ1) is 12.4. The maximum Gasteiger partial charge on any atom is 0.347 e. The summed E-state index contributed by atoms with van der Waals surface area (Å²) in [6.07, 6.45) is 0. The first kappa shape index (κ1) is 18.1. The Labute approximate surface area is 155 Å². The number of aromatic hydroxyl groups is 1. The Morgan fingerprint density at radius 3 is 2.58 bits per heavy atom. The van der Waals surface area contributed by atoms with E-state index >= 15 is 0 Å². The molecule has 1 aliphatic heterocycles. The average molecular weight is 373 g/mol. The Kier molecular flexibility index (Phi) is 4.82. The highest BCUT2D eigenvalue weighted by atomic mass is 32.1. The molecule has 2 heterocycles. The van der Waals surface area contributed by atoms with E-state index in [-0.39, 0.29) is 22.8 Å². The van der Waals surface area contributed by atoms with Crippen LogP contribution in [0, 0.1) is 6.92 Å². The zero-order valence-electron chi connectivity index (χ0n) is 15.1. The molecule has 136 valence electrons. The lowest BCUT2D eigenvalue weighted by Crippen LogP contribution is -2.52. The van der Waals surface area contributed by atoms with Gasteiger partial charge in [0.2, 0.25) is 4.74 Å². The third-order valence-corrected chi connectivity index (χ3v) is 5.73. The number of anilines is 1. The molecule has 1 unspecified atom stereocenters. The highest BCUT2D eigenvalue weighted by Crippen LogP contribution is 2.36. The Balaban J connectivity index is 2.36. The molecule has 0 amide bonds. The number of hydrogen-bond donors (Lipinski definition) is 1. The predicted octanol–water partition coefficient (Wildman–Crippen LogP) is 2.29. The maximum atomic E-state index is 12.8. The van der Waals surface area contributed by atoms with Crippen LogP contribution in [-0.4, -0.2) is 24.7 Å². The van der Waals surface area contributed by atoms with Gasteiger partial charge in [-0.3, -0.25) is 4.79 Å². The Morgan fingerprint density at radius 2 is 1.96 bits per heavy atom. The average Bonchev–Trinajstić information content (AvgIpc) is 2.63. The summed E-state index contributed by atoms with van der Waals surface area (Å²) in [7, 11) is 1.77. The molecule has 0 radical (unpaired) electrons. The molecule has 1 aromatic heterocycles.